The summed E-state index contributed by atoms with van der Waals surface area (Å²) in [5, 5.41) is 9.54. The molecule has 0 aliphatic heterocycles. The van der Waals surface area contributed by atoms with Crippen molar-refractivity contribution in [3.8, 4) is 5.75 Å². The first kappa shape index (κ1) is 15.5. The zero-order valence-corrected chi connectivity index (χ0v) is 14.1. The lowest BCUT2D eigenvalue weighted by atomic mass is 10.2. The molecule has 2 aromatic heterocycles. The molecule has 0 atom stereocenters. The molecule has 2 heterocycles. The van der Waals surface area contributed by atoms with E-state index in [0.29, 0.717) is 12.5 Å². The minimum Gasteiger partial charge on any atom is -0.485 e. The van der Waals surface area contributed by atoms with Crippen molar-refractivity contribution in [2.45, 2.75) is 40.8 Å². The van der Waals surface area contributed by atoms with Crippen molar-refractivity contribution in [2.75, 3.05) is 0 Å². The molecule has 0 unspecified atom stereocenters. The van der Waals surface area contributed by atoms with Gasteiger partial charge in [0.2, 0.25) is 0 Å². The van der Waals surface area contributed by atoms with E-state index in [0.717, 1.165) is 40.3 Å². The van der Waals surface area contributed by atoms with Gasteiger partial charge in [-0.25, -0.2) is 9.67 Å². The van der Waals surface area contributed by atoms with Crippen LogP contribution < -0.4 is 4.74 Å². The average Bonchev–Trinajstić information content (AvgIpc) is 2.85. The number of hydrogen-bond acceptors (Lipinski definition) is 4. The minimum absolute atomic E-state index is 0.401. The lowest BCUT2D eigenvalue weighted by Crippen LogP contribution is -2.08. The highest BCUT2D eigenvalue weighted by atomic mass is 16.5. The van der Waals surface area contributed by atoms with Crippen molar-refractivity contribution in [3.63, 3.8) is 0 Å². The Labute approximate surface area is 136 Å². The Morgan fingerprint density at radius 1 is 1.13 bits per heavy atom. The molecule has 0 bridgehead atoms. The topological polar surface area (TPSA) is 52.8 Å². The van der Waals surface area contributed by atoms with E-state index in [9.17, 15) is 0 Å². The van der Waals surface area contributed by atoms with Crippen LogP contribution in [0.1, 0.15) is 30.9 Å². The summed E-state index contributed by atoms with van der Waals surface area (Å²) in [6.07, 6.45) is 0. The molecule has 0 N–H and O–H groups in total. The highest BCUT2D eigenvalue weighted by Gasteiger charge is 2.11. The third-order valence-electron chi connectivity index (χ3n) is 3.80. The van der Waals surface area contributed by atoms with E-state index in [-0.39, 0.29) is 0 Å². The van der Waals surface area contributed by atoms with Crippen molar-refractivity contribution >= 4 is 10.9 Å². The van der Waals surface area contributed by atoms with Crippen LogP contribution in [-0.2, 0) is 13.2 Å². The van der Waals surface area contributed by atoms with Gasteiger partial charge in [0.25, 0.3) is 0 Å². The Kier molecular flexibility index (Phi) is 4.28. The summed E-state index contributed by atoms with van der Waals surface area (Å²) in [6, 6.07) is 10.0. The molecule has 3 aromatic rings. The van der Waals surface area contributed by atoms with Gasteiger partial charge in [-0.1, -0.05) is 37.3 Å². The summed E-state index contributed by atoms with van der Waals surface area (Å²) in [6.45, 7) is 9.62. The van der Waals surface area contributed by atoms with E-state index in [1.54, 1.807) is 0 Å². The number of aryl methyl sites for hydroxylation is 1. The predicted octanol–water partition coefficient (Wildman–Crippen LogP) is 3.68. The number of ether oxygens (including phenoxy) is 1. The molecule has 5 heteroatoms. The Morgan fingerprint density at radius 2 is 1.96 bits per heavy atom. The Morgan fingerprint density at radius 3 is 2.74 bits per heavy atom. The fourth-order valence-electron chi connectivity index (χ4n) is 2.53. The van der Waals surface area contributed by atoms with Crippen molar-refractivity contribution < 1.29 is 4.74 Å². The maximum absolute atomic E-state index is 5.98. The second kappa shape index (κ2) is 6.36. The molecule has 23 heavy (non-hydrogen) atoms. The van der Waals surface area contributed by atoms with E-state index in [4.69, 9.17) is 4.74 Å². The van der Waals surface area contributed by atoms with Gasteiger partial charge in [0.1, 0.15) is 23.6 Å². The van der Waals surface area contributed by atoms with Gasteiger partial charge in [0.05, 0.1) is 5.69 Å². The van der Waals surface area contributed by atoms with Crippen LogP contribution in [0.25, 0.3) is 10.9 Å². The van der Waals surface area contributed by atoms with Gasteiger partial charge in [-0.3, -0.25) is 0 Å². The quantitative estimate of drug-likeness (QED) is 0.721. The molecule has 0 radical (unpaired) electrons. The van der Waals surface area contributed by atoms with Crippen LogP contribution in [0.5, 0.6) is 5.75 Å². The molecule has 0 saturated heterocycles. The molecule has 0 aliphatic carbocycles. The number of hydrogen-bond donors (Lipinski definition) is 0. The smallest absolute Gasteiger partial charge is 0.146 e. The van der Waals surface area contributed by atoms with Crippen molar-refractivity contribution in [1.82, 2.24) is 20.0 Å². The number of fused-ring (bicyclic) bond motifs is 1. The van der Waals surface area contributed by atoms with Gasteiger partial charge in [-0.2, -0.15) is 0 Å². The van der Waals surface area contributed by atoms with Crippen molar-refractivity contribution in [2.24, 2.45) is 5.92 Å². The largest absolute Gasteiger partial charge is 0.485 e. The number of pyridine rings is 1. The van der Waals surface area contributed by atoms with Gasteiger partial charge < -0.3 is 4.74 Å². The summed E-state index contributed by atoms with van der Waals surface area (Å²) in [4.78, 5) is 4.59. The number of rotatable bonds is 5. The maximum Gasteiger partial charge on any atom is 0.146 e. The second-order valence-electron chi connectivity index (χ2n) is 6.27. The number of benzene rings is 1. The minimum atomic E-state index is 0.401. The summed E-state index contributed by atoms with van der Waals surface area (Å²) < 4.78 is 7.92. The van der Waals surface area contributed by atoms with Crippen LogP contribution in [0.3, 0.4) is 0 Å². The second-order valence-corrected chi connectivity index (χ2v) is 6.27. The van der Waals surface area contributed by atoms with Crippen molar-refractivity contribution in [1.29, 1.82) is 0 Å². The molecule has 5 nitrogen and oxygen atoms in total. The summed E-state index contributed by atoms with van der Waals surface area (Å²) in [5.41, 5.74) is 3.80. The van der Waals surface area contributed by atoms with Crippen LogP contribution in [0.15, 0.2) is 30.3 Å². The molecule has 1 aromatic carbocycles. The number of nitrogens with zero attached hydrogens (tertiary/aromatic N) is 4. The fourth-order valence-corrected chi connectivity index (χ4v) is 2.53. The zero-order chi connectivity index (χ0) is 16.4. The van der Waals surface area contributed by atoms with E-state index < -0.39 is 0 Å². The highest BCUT2D eigenvalue weighted by molar-refractivity contribution is 5.84. The Balaban J connectivity index is 1.81. The first-order valence-corrected chi connectivity index (χ1v) is 7.92. The van der Waals surface area contributed by atoms with Gasteiger partial charge in [-0.15, -0.1) is 5.10 Å². The molecule has 0 spiro atoms. The summed E-state index contributed by atoms with van der Waals surface area (Å²) >= 11 is 0. The number of para-hydroxylation sites is 1. The maximum atomic E-state index is 5.98. The molecule has 3 rings (SSSR count). The molecule has 0 aliphatic rings. The van der Waals surface area contributed by atoms with E-state index in [2.05, 4.69) is 35.2 Å². The predicted molar refractivity (Wildman–Crippen MR) is 90.4 cm³/mol. The van der Waals surface area contributed by atoms with Crippen LogP contribution >= 0.6 is 0 Å². The molecule has 0 fully saturated rings. The van der Waals surface area contributed by atoms with Crippen LogP contribution in [-0.4, -0.2) is 20.0 Å². The van der Waals surface area contributed by atoms with Gasteiger partial charge in [-0.05, 0) is 31.9 Å². The van der Waals surface area contributed by atoms with Gasteiger partial charge in [0, 0.05) is 17.6 Å². The van der Waals surface area contributed by atoms with E-state index in [1.165, 1.54) is 0 Å². The highest BCUT2D eigenvalue weighted by Crippen LogP contribution is 2.24. The lowest BCUT2D eigenvalue weighted by molar-refractivity contribution is 0.303. The molecular formula is C18H22N4O. The standard InChI is InChI=1S/C18H22N4O/c1-12(2)10-22-14(4)16(20-21-22)11-23-17-7-5-6-15-9-8-13(3)19-18(15)17/h5-9,12H,10-11H2,1-4H3. The summed E-state index contributed by atoms with van der Waals surface area (Å²) in [5.74, 6) is 1.32. The third kappa shape index (κ3) is 3.33. The first-order chi connectivity index (χ1) is 11.0. The molecular weight excluding hydrogens is 288 g/mol. The third-order valence-corrected chi connectivity index (χ3v) is 3.80. The Bertz CT molecular complexity index is 823. The lowest BCUT2D eigenvalue weighted by Gasteiger charge is -2.09. The van der Waals surface area contributed by atoms with Crippen LogP contribution in [0.4, 0.5) is 0 Å². The fraction of sp³-hybridized carbons (Fsp3) is 0.389. The van der Waals surface area contributed by atoms with Crippen molar-refractivity contribution in [3.05, 3.63) is 47.4 Å². The van der Waals surface area contributed by atoms with Gasteiger partial charge in [0.15, 0.2) is 0 Å². The monoisotopic (exact) mass is 310 g/mol. The molecule has 0 saturated carbocycles. The van der Waals surface area contributed by atoms with E-state index >= 15 is 0 Å². The normalized spacial score (nSPS) is 11.3. The van der Waals surface area contributed by atoms with Crippen LogP contribution in [0, 0.1) is 19.8 Å². The SMILES string of the molecule is Cc1ccc2cccc(OCc3nnn(CC(C)C)c3C)c2n1. The van der Waals surface area contributed by atoms with Gasteiger partial charge >= 0.3 is 0 Å². The van der Waals surface area contributed by atoms with E-state index in [1.807, 2.05) is 42.8 Å². The van der Waals surface area contributed by atoms with Crippen LogP contribution in [0.2, 0.25) is 0 Å². The average molecular weight is 310 g/mol. The summed E-state index contributed by atoms with van der Waals surface area (Å²) in [7, 11) is 0. The molecule has 120 valence electrons. The first-order valence-electron chi connectivity index (χ1n) is 7.92. The number of aromatic nitrogens is 4. The zero-order valence-electron chi connectivity index (χ0n) is 14.1. The molecule has 0 amide bonds. The Hall–Kier alpha value is -2.43.